The van der Waals surface area contributed by atoms with Gasteiger partial charge in [-0.15, -0.1) is 5.10 Å². The van der Waals surface area contributed by atoms with Crippen LogP contribution in [0, 0.1) is 6.92 Å². The summed E-state index contributed by atoms with van der Waals surface area (Å²) in [6.45, 7) is 2.00. The van der Waals surface area contributed by atoms with Crippen molar-refractivity contribution < 1.29 is 0 Å². The second-order valence-electron chi connectivity index (χ2n) is 2.96. The molecule has 2 aromatic heterocycles. The Labute approximate surface area is 76.3 Å². The fourth-order valence-corrected chi connectivity index (χ4v) is 1.06. The highest BCUT2D eigenvalue weighted by molar-refractivity contribution is 5.47. The van der Waals surface area contributed by atoms with E-state index in [0.29, 0.717) is 5.82 Å². The highest BCUT2D eigenvalue weighted by atomic mass is 15.3. The van der Waals surface area contributed by atoms with E-state index in [9.17, 15) is 0 Å². The summed E-state index contributed by atoms with van der Waals surface area (Å²) < 4.78 is 1.66. The minimum Gasteiger partial charge on any atom is -0.255 e. The largest absolute Gasteiger partial charge is 0.255 e. The molecule has 0 bridgehead atoms. The highest BCUT2D eigenvalue weighted by Crippen LogP contribution is 2.10. The van der Waals surface area contributed by atoms with Crippen molar-refractivity contribution in [3.63, 3.8) is 0 Å². The lowest BCUT2D eigenvalue weighted by Gasteiger charge is -1.94. The van der Waals surface area contributed by atoms with Crippen molar-refractivity contribution in [3.8, 4) is 11.5 Å². The Morgan fingerprint density at radius 1 is 1.23 bits per heavy atom. The average Bonchev–Trinajstić information content (AvgIpc) is 2.53. The molecule has 2 heterocycles. The molecule has 0 amide bonds. The monoisotopic (exact) mass is 174 g/mol. The van der Waals surface area contributed by atoms with Gasteiger partial charge in [-0.1, -0.05) is 6.07 Å². The number of aromatic nitrogens is 4. The van der Waals surface area contributed by atoms with Crippen molar-refractivity contribution in [3.05, 3.63) is 30.2 Å². The summed E-state index contributed by atoms with van der Waals surface area (Å²) in [6, 6.07) is 3.92. The van der Waals surface area contributed by atoms with Crippen molar-refractivity contribution in [1.82, 2.24) is 19.7 Å². The third-order valence-electron chi connectivity index (χ3n) is 1.74. The molecule has 0 aliphatic rings. The van der Waals surface area contributed by atoms with E-state index < -0.39 is 0 Å². The van der Waals surface area contributed by atoms with Crippen molar-refractivity contribution in [2.45, 2.75) is 6.92 Å². The van der Waals surface area contributed by atoms with Crippen LogP contribution in [0.2, 0.25) is 0 Å². The molecule has 0 aliphatic heterocycles. The molecule has 13 heavy (non-hydrogen) atoms. The molecule has 0 aliphatic carbocycles. The number of hydrogen-bond donors (Lipinski definition) is 0. The zero-order chi connectivity index (χ0) is 9.26. The van der Waals surface area contributed by atoms with Gasteiger partial charge >= 0.3 is 0 Å². The lowest BCUT2D eigenvalue weighted by molar-refractivity contribution is 0.767. The van der Waals surface area contributed by atoms with E-state index >= 15 is 0 Å². The van der Waals surface area contributed by atoms with Gasteiger partial charge in [-0.05, 0) is 18.6 Å². The second kappa shape index (κ2) is 2.97. The molecule has 2 rings (SSSR count). The van der Waals surface area contributed by atoms with E-state index in [2.05, 4.69) is 15.1 Å². The Bertz CT molecular complexity index is 402. The number of rotatable bonds is 1. The van der Waals surface area contributed by atoms with Gasteiger partial charge in [0.05, 0.1) is 0 Å². The summed E-state index contributed by atoms with van der Waals surface area (Å²) in [5.74, 6) is 0.669. The van der Waals surface area contributed by atoms with Crippen LogP contribution in [0.3, 0.4) is 0 Å². The lowest BCUT2D eigenvalue weighted by Crippen LogP contribution is -1.89. The summed E-state index contributed by atoms with van der Waals surface area (Å²) >= 11 is 0. The highest BCUT2D eigenvalue weighted by Gasteiger charge is 2.02. The zero-order valence-electron chi connectivity index (χ0n) is 7.60. The normalized spacial score (nSPS) is 10.3. The Morgan fingerprint density at radius 2 is 2.08 bits per heavy atom. The smallest absolute Gasteiger partial charge is 0.199 e. The molecule has 0 saturated carbocycles. The molecule has 2 aromatic rings. The Hall–Kier alpha value is -1.71. The van der Waals surface area contributed by atoms with Crippen LogP contribution < -0.4 is 0 Å². The van der Waals surface area contributed by atoms with E-state index in [4.69, 9.17) is 0 Å². The fraction of sp³-hybridized carbons (Fsp3) is 0.222. The van der Waals surface area contributed by atoms with Gasteiger partial charge < -0.3 is 0 Å². The molecule has 0 N–H and O–H groups in total. The molecule has 0 fully saturated rings. The molecule has 0 unspecified atom stereocenters. The van der Waals surface area contributed by atoms with Crippen LogP contribution in [0.5, 0.6) is 0 Å². The maximum Gasteiger partial charge on any atom is 0.199 e. The van der Waals surface area contributed by atoms with Crippen LogP contribution in [-0.2, 0) is 7.05 Å². The SMILES string of the molecule is Cc1ccc(-c2ncn(C)n2)nc1. The summed E-state index contributed by atoms with van der Waals surface area (Å²) in [5.41, 5.74) is 1.95. The first-order valence-electron chi connectivity index (χ1n) is 4.04. The topological polar surface area (TPSA) is 43.6 Å². The first-order valence-corrected chi connectivity index (χ1v) is 4.04. The predicted molar refractivity (Wildman–Crippen MR) is 49.0 cm³/mol. The summed E-state index contributed by atoms with van der Waals surface area (Å²) in [4.78, 5) is 8.33. The first-order chi connectivity index (χ1) is 6.25. The number of nitrogens with zero attached hydrogens (tertiary/aromatic N) is 4. The first kappa shape index (κ1) is 7.91. The summed E-state index contributed by atoms with van der Waals surface area (Å²) in [6.07, 6.45) is 3.47. The average molecular weight is 174 g/mol. The van der Waals surface area contributed by atoms with Gasteiger partial charge in [0.2, 0.25) is 0 Å². The van der Waals surface area contributed by atoms with Crippen LogP contribution >= 0.6 is 0 Å². The van der Waals surface area contributed by atoms with E-state index in [1.54, 1.807) is 11.0 Å². The molecule has 0 atom stereocenters. The molecule has 4 nitrogen and oxygen atoms in total. The maximum absolute atomic E-state index is 4.22. The zero-order valence-corrected chi connectivity index (χ0v) is 7.60. The van der Waals surface area contributed by atoms with Crippen LogP contribution in [0.15, 0.2) is 24.7 Å². The standard InChI is InChI=1S/C9H10N4/c1-7-3-4-8(10-5-7)9-11-6-13(2)12-9/h3-6H,1-2H3. The van der Waals surface area contributed by atoms with Gasteiger partial charge in [-0.25, -0.2) is 4.98 Å². The number of aryl methyl sites for hydroxylation is 2. The van der Waals surface area contributed by atoms with E-state index in [0.717, 1.165) is 11.3 Å². The molecular weight excluding hydrogens is 164 g/mol. The molecule has 0 aromatic carbocycles. The summed E-state index contributed by atoms with van der Waals surface area (Å²) in [7, 11) is 1.84. The van der Waals surface area contributed by atoms with Gasteiger partial charge in [0.25, 0.3) is 0 Å². The number of hydrogen-bond acceptors (Lipinski definition) is 3. The van der Waals surface area contributed by atoms with Gasteiger partial charge in [0.1, 0.15) is 12.0 Å². The quantitative estimate of drug-likeness (QED) is 0.652. The van der Waals surface area contributed by atoms with E-state index in [1.165, 1.54) is 0 Å². The minimum absolute atomic E-state index is 0.669. The Morgan fingerprint density at radius 3 is 2.62 bits per heavy atom. The fourth-order valence-electron chi connectivity index (χ4n) is 1.06. The van der Waals surface area contributed by atoms with Crippen molar-refractivity contribution >= 4 is 0 Å². The third kappa shape index (κ3) is 1.56. The molecular formula is C9H10N4. The molecule has 4 heteroatoms. The Kier molecular flexibility index (Phi) is 1.81. The molecule has 0 radical (unpaired) electrons. The van der Waals surface area contributed by atoms with Crippen molar-refractivity contribution in [2.75, 3.05) is 0 Å². The lowest BCUT2D eigenvalue weighted by atomic mass is 10.3. The van der Waals surface area contributed by atoms with Crippen LogP contribution in [0.4, 0.5) is 0 Å². The van der Waals surface area contributed by atoms with Crippen molar-refractivity contribution in [2.24, 2.45) is 7.05 Å². The van der Waals surface area contributed by atoms with E-state index in [1.807, 2.05) is 32.3 Å². The third-order valence-corrected chi connectivity index (χ3v) is 1.74. The predicted octanol–water partition coefficient (Wildman–Crippen LogP) is 1.19. The number of pyridine rings is 1. The second-order valence-corrected chi connectivity index (χ2v) is 2.96. The van der Waals surface area contributed by atoms with Crippen LogP contribution in [0.25, 0.3) is 11.5 Å². The maximum atomic E-state index is 4.22. The van der Waals surface area contributed by atoms with Gasteiger partial charge in [0, 0.05) is 13.2 Å². The van der Waals surface area contributed by atoms with Gasteiger partial charge in [-0.2, -0.15) is 0 Å². The molecule has 0 spiro atoms. The molecule has 66 valence electrons. The van der Waals surface area contributed by atoms with Crippen LogP contribution in [0.1, 0.15) is 5.56 Å². The molecule has 0 saturated heterocycles. The van der Waals surface area contributed by atoms with Crippen LogP contribution in [-0.4, -0.2) is 19.7 Å². The Balaban J connectivity index is 2.41. The van der Waals surface area contributed by atoms with Gasteiger partial charge in [0.15, 0.2) is 5.82 Å². The van der Waals surface area contributed by atoms with Gasteiger partial charge in [-0.3, -0.25) is 9.67 Å². The van der Waals surface area contributed by atoms with E-state index in [-0.39, 0.29) is 0 Å². The minimum atomic E-state index is 0.669. The summed E-state index contributed by atoms with van der Waals surface area (Å²) in [5, 5.41) is 4.15. The van der Waals surface area contributed by atoms with Crippen molar-refractivity contribution in [1.29, 1.82) is 0 Å².